The summed E-state index contributed by atoms with van der Waals surface area (Å²) in [7, 11) is 1.70. The van der Waals surface area contributed by atoms with Crippen LogP contribution in [0.4, 0.5) is 0 Å². The van der Waals surface area contributed by atoms with Crippen molar-refractivity contribution in [2.24, 2.45) is 0 Å². The number of methoxy groups -OCH3 is 1. The molecule has 5 heteroatoms. The molecule has 1 heterocycles. The van der Waals surface area contributed by atoms with Crippen LogP contribution in [0.5, 0.6) is 5.75 Å². The van der Waals surface area contributed by atoms with Crippen LogP contribution in [-0.2, 0) is 11.3 Å². The van der Waals surface area contributed by atoms with Crippen molar-refractivity contribution in [2.75, 3.05) is 25.5 Å². The zero-order chi connectivity index (χ0) is 13.8. The van der Waals surface area contributed by atoms with Crippen molar-refractivity contribution in [2.45, 2.75) is 25.7 Å². The number of halogens is 2. The van der Waals surface area contributed by atoms with Gasteiger partial charge in [-0.2, -0.15) is 0 Å². The highest BCUT2D eigenvalue weighted by molar-refractivity contribution is 9.10. The van der Waals surface area contributed by atoms with Crippen LogP contribution in [0.25, 0.3) is 0 Å². The molecule has 106 valence electrons. The second kappa shape index (κ2) is 7.07. The van der Waals surface area contributed by atoms with E-state index in [9.17, 15) is 0 Å². The number of alkyl halides is 1. The minimum Gasteiger partial charge on any atom is -0.497 e. The zero-order valence-electron chi connectivity index (χ0n) is 11.2. The molecule has 1 aromatic carbocycles. The smallest absolute Gasteiger partial charge is 0.119 e. The zero-order valence-corrected chi connectivity index (χ0v) is 14.4. The van der Waals surface area contributed by atoms with Crippen LogP contribution in [0.15, 0.2) is 22.7 Å². The monoisotopic (exact) mass is 391 g/mol. The van der Waals surface area contributed by atoms with Gasteiger partial charge in [0, 0.05) is 29.4 Å². The summed E-state index contributed by atoms with van der Waals surface area (Å²) in [6.07, 6.45) is 0.550. The van der Waals surface area contributed by atoms with Gasteiger partial charge in [-0.1, -0.05) is 31.9 Å². The molecule has 0 radical (unpaired) electrons. The predicted octanol–water partition coefficient (Wildman–Crippen LogP) is 3.44. The maximum Gasteiger partial charge on any atom is 0.119 e. The van der Waals surface area contributed by atoms with E-state index < -0.39 is 0 Å². The van der Waals surface area contributed by atoms with E-state index in [1.54, 1.807) is 7.11 Å². The number of nitrogens with zero attached hydrogens (tertiary/aromatic N) is 1. The Balaban J connectivity index is 2.07. The lowest BCUT2D eigenvalue weighted by atomic mass is 10.1. The molecule has 2 atom stereocenters. The third kappa shape index (κ3) is 4.18. The van der Waals surface area contributed by atoms with Crippen molar-refractivity contribution in [3.63, 3.8) is 0 Å². The molecule has 19 heavy (non-hydrogen) atoms. The average Bonchev–Trinajstić information content (AvgIpc) is 2.40. The fraction of sp³-hybridized carbons (Fsp3) is 0.571. The number of ether oxygens (including phenoxy) is 2. The lowest BCUT2D eigenvalue weighted by Gasteiger charge is -2.36. The highest BCUT2D eigenvalue weighted by Gasteiger charge is 2.24. The first-order valence-electron chi connectivity index (χ1n) is 6.38. The van der Waals surface area contributed by atoms with Gasteiger partial charge in [-0.3, -0.25) is 4.90 Å². The van der Waals surface area contributed by atoms with Gasteiger partial charge < -0.3 is 9.47 Å². The van der Waals surface area contributed by atoms with Crippen LogP contribution in [0.2, 0.25) is 0 Å². The Morgan fingerprint density at radius 3 is 2.89 bits per heavy atom. The van der Waals surface area contributed by atoms with Gasteiger partial charge in [0.1, 0.15) is 5.75 Å². The third-order valence-electron chi connectivity index (χ3n) is 3.22. The lowest BCUT2D eigenvalue weighted by molar-refractivity contribution is -0.0678. The Morgan fingerprint density at radius 1 is 1.42 bits per heavy atom. The van der Waals surface area contributed by atoms with Gasteiger partial charge >= 0.3 is 0 Å². The van der Waals surface area contributed by atoms with Crippen LogP contribution in [0.1, 0.15) is 12.5 Å². The van der Waals surface area contributed by atoms with E-state index in [1.165, 1.54) is 5.56 Å². The Hall–Kier alpha value is -0.100. The van der Waals surface area contributed by atoms with Gasteiger partial charge in [-0.15, -0.1) is 0 Å². The summed E-state index contributed by atoms with van der Waals surface area (Å²) in [6.45, 7) is 4.96. The molecule has 0 aliphatic carbocycles. The second-order valence-corrected chi connectivity index (χ2v) is 6.38. The molecule has 3 nitrogen and oxygen atoms in total. The summed E-state index contributed by atoms with van der Waals surface area (Å²) in [5.74, 6) is 0.900. The van der Waals surface area contributed by atoms with Gasteiger partial charge in [0.25, 0.3) is 0 Å². The highest BCUT2D eigenvalue weighted by Crippen LogP contribution is 2.25. The van der Waals surface area contributed by atoms with Crippen molar-refractivity contribution in [3.05, 3.63) is 28.2 Å². The minimum atomic E-state index is 0.271. The summed E-state index contributed by atoms with van der Waals surface area (Å²) in [6, 6.07) is 6.10. The van der Waals surface area contributed by atoms with Crippen molar-refractivity contribution in [3.8, 4) is 5.75 Å². The molecule has 1 aliphatic heterocycles. The topological polar surface area (TPSA) is 21.7 Å². The first kappa shape index (κ1) is 15.3. The van der Waals surface area contributed by atoms with E-state index in [2.05, 4.69) is 49.7 Å². The van der Waals surface area contributed by atoms with Gasteiger partial charge in [-0.25, -0.2) is 0 Å². The minimum absolute atomic E-state index is 0.271. The Kier molecular flexibility index (Phi) is 5.69. The van der Waals surface area contributed by atoms with Crippen molar-refractivity contribution in [1.29, 1.82) is 0 Å². The largest absolute Gasteiger partial charge is 0.497 e. The van der Waals surface area contributed by atoms with E-state index in [0.29, 0.717) is 0 Å². The van der Waals surface area contributed by atoms with Gasteiger partial charge in [0.15, 0.2) is 0 Å². The van der Waals surface area contributed by atoms with Crippen LogP contribution in [0, 0.1) is 0 Å². The maximum atomic E-state index is 5.85. The Morgan fingerprint density at radius 2 is 2.21 bits per heavy atom. The average molecular weight is 393 g/mol. The molecular weight excluding hydrogens is 374 g/mol. The molecule has 2 unspecified atom stereocenters. The van der Waals surface area contributed by atoms with Gasteiger partial charge in [0.2, 0.25) is 0 Å². The number of rotatable bonds is 4. The molecular formula is C14H19Br2NO2. The molecule has 0 bridgehead atoms. The molecule has 1 saturated heterocycles. The number of morpholine rings is 1. The molecule has 0 aromatic heterocycles. The van der Waals surface area contributed by atoms with Crippen LogP contribution < -0.4 is 4.74 Å². The van der Waals surface area contributed by atoms with Crippen molar-refractivity contribution < 1.29 is 9.47 Å². The molecule has 0 N–H and O–H groups in total. The second-order valence-electron chi connectivity index (χ2n) is 4.87. The molecule has 1 aliphatic rings. The molecule has 1 aromatic rings. The summed E-state index contributed by atoms with van der Waals surface area (Å²) in [5.41, 5.74) is 1.25. The fourth-order valence-electron chi connectivity index (χ4n) is 2.40. The standard InChI is InChI=1S/C14H19Br2NO2/c1-10-7-17(9-13(6-15)19-10)8-11-5-12(18-2)3-4-14(11)16/h3-5,10,13H,6-9H2,1-2H3. The van der Waals surface area contributed by atoms with Crippen LogP contribution in [0.3, 0.4) is 0 Å². The van der Waals surface area contributed by atoms with Gasteiger partial charge in [-0.05, 0) is 30.7 Å². The van der Waals surface area contributed by atoms with E-state index in [1.807, 2.05) is 12.1 Å². The maximum absolute atomic E-state index is 5.85. The predicted molar refractivity (Wildman–Crippen MR) is 84.1 cm³/mol. The number of hydrogen-bond acceptors (Lipinski definition) is 3. The van der Waals surface area contributed by atoms with Crippen molar-refractivity contribution in [1.82, 2.24) is 4.90 Å². The fourth-order valence-corrected chi connectivity index (χ4v) is 3.12. The summed E-state index contributed by atoms with van der Waals surface area (Å²) < 4.78 is 12.3. The highest BCUT2D eigenvalue weighted by atomic mass is 79.9. The Bertz CT molecular complexity index is 428. The van der Waals surface area contributed by atoms with Crippen LogP contribution in [-0.4, -0.2) is 42.6 Å². The van der Waals surface area contributed by atoms with Crippen LogP contribution >= 0.6 is 31.9 Å². The first-order chi connectivity index (χ1) is 9.12. The van der Waals surface area contributed by atoms with E-state index in [4.69, 9.17) is 9.47 Å². The molecule has 0 amide bonds. The molecule has 0 saturated carbocycles. The Labute approximate surface area is 131 Å². The normalized spacial score (nSPS) is 24.4. The third-order valence-corrected chi connectivity index (χ3v) is 4.72. The quantitative estimate of drug-likeness (QED) is 0.732. The summed E-state index contributed by atoms with van der Waals surface area (Å²) >= 11 is 7.12. The molecule has 1 fully saturated rings. The van der Waals surface area contributed by atoms with E-state index in [-0.39, 0.29) is 12.2 Å². The number of benzene rings is 1. The van der Waals surface area contributed by atoms with Gasteiger partial charge in [0.05, 0.1) is 19.3 Å². The summed E-state index contributed by atoms with van der Waals surface area (Å²) in [4.78, 5) is 2.43. The van der Waals surface area contributed by atoms with Crippen molar-refractivity contribution >= 4 is 31.9 Å². The summed E-state index contributed by atoms with van der Waals surface area (Å²) in [5, 5.41) is 0.882. The molecule has 0 spiro atoms. The van der Waals surface area contributed by atoms with E-state index >= 15 is 0 Å². The van der Waals surface area contributed by atoms with E-state index in [0.717, 1.165) is 35.2 Å². The number of hydrogen-bond donors (Lipinski definition) is 0. The first-order valence-corrected chi connectivity index (χ1v) is 8.30. The molecule has 2 rings (SSSR count). The SMILES string of the molecule is COc1ccc(Br)c(CN2CC(C)OC(CBr)C2)c1. The lowest BCUT2D eigenvalue weighted by Crippen LogP contribution is -2.46.